The summed E-state index contributed by atoms with van der Waals surface area (Å²) in [6, 6.07) is 10.4. The fraction of sp³-hybridized carbons (Fsp3) is 0.667. The minimum Gasteiger partial charge on any atom is -0.375 e. The zero-order valence-corrected chi connectivity index (χ0v) is 13.3. The zero-order valence-electron chi connectivity index (χ0n) is 13.3. The van der Waals surface area contributed by atoms with E-state index in [4.69, 9.17) is 4.74 Å². The van der Waals surface area contributed by atoms with E-state index >= 15 is 0 Å². The summed E-state index contributed by atoms with van der Waals surface area (Å²) in [5.41, 5.74) is 1.73. The second-order valence-electron chi connectivity index (χ2n) is 7.02. The zero-order chi connectivity index (χ0) is 14.4. The van der Waals surface area contributed by atoms with Gasteiger partial charge in [0.05, 0.1) is 13.2 Å². The molecule has 0 unspecified atom stereocenters. The van der Waals surface area contributed by atoms with Crippen LogP contribution in [0.3, 0.4) is 0 Å². The number of rotatable bonds is 5. The van der Waals surface area contributed by atoms with E-state index in [1.54, 1.807) is 0 Å². The topological polar surface area (TPSA) is 12.5 Å². The standard InChI is InChI=1S/C18H29NO/c1-18(2,3)17-9-11-19(12-10-17)13-14-20-15-16-7-5-4-6-8-16/h4-8,17H,9-15H2,1-3H3. The molecule has 2 rings (SSSR count). The molecule has 1 aromatic rings. The Hall–Kier alpha value is -0.860. The lowest BCUT2D eigenvalue weighted by atomic mass is 9.75. The second kappa shape index (κ2) is 7.24. The average molecular weight is 275 g/mol. The summed E-state index contributed by atoms with van der Waals surface area (Å²) in [6.45, 7) is 12.2. The number of likely N-dealkylation sites (tertiary alicyclic amines) is 1. The summed E-state index contributed by atoms with van der Waals surface area (Å²) >= 11 is 0. The highest BCUT2D eigenvalue weighted by Gasteiger charge is 2.28. The van der Waals surface area contributed by atoms with E-state index in [2.05, 4.69) is 49.9 Å². The normalized spacial score (nSPS) is 18.4. The maximum absolute atomic E-state index is 5.77. The molecular weight excluding hydrogens is 246 g/mol. The third-order valence-corrected chi connectivity index (χ3v) is 4.48. The van der Waals surface area contributed by atoms with Crippen molar-refractivity contribution in [1.29, 1.82) is 0 Å². The van der Waals surface area contributed by atoms with E-state index in [0.717, 1.165) is 25.7 Å². The predicted octanol–water partition coefficient (Wildman–Crippen LogP) is 3.96. The summed E-state index contributed by atoms with van der Waals surface area (Å²) < 4.78 is 5.77. The minimum absolute atomic E-state index is 0.468. The van der Waals surface area contributed by atoms with Crippen molar-refractivity contribution in [3.05, 3.63) is 35.9 Å². The monoisotopic (exact) mass is 275 g/mol. The lowest BCUT2D eigenvalue weighted by Gasteiger charge is -2.38. The highest BCUT2D eigenvalue weighted by Crippen LogP contribution is 2.34. The van der Waals surface area contributed by atoms with Gasteiger partial charge in [-0.1, -0.05) is 51.1 Å². The van der Waals surface area contributed by atoms with Gasteiger partial charge in [0.15, 0.2) is 0 Å². The van der Waals surface area contributed by atoms with E-state index in [9.17, 15) is 0 Å². The van der Waals surface area contributed by atoms with Crippen LogP contribution in [-0.2, 0) is 11.3 Å². The largest absolute Gasteiger partial charge is 0.375 e. The van der Waals surface area contributed by atoms with Crippen LogP contribution in [0.15, 0.2) is 30.3 Å². The summed E-state index contributed by atoms with van der Waals surface area (Å²) in [6.07, 6.45) is 2.67. The first-order valence-electron chi connectivity index (χ1n) is 7.90. The van der Waals surface area contributed by atoms with Crippen molar-refractivity contribution in [3.63, 3.8) is 0 Å². The number of benzene rings is 1. The molecular formula is C18H29NO. The van der Waals surface area contributed by atoms with Gasteiger partial charge in [-0.2, -0.15) is 0 Å². The van der Waals surface area contributed by atoms with Crippen LogP contribution >= 0.6 is 0 Å². The molecule has 1 aromatic carbocycles. The second-order valence-corrected chi connectivity index (χ2v) is 7.02. The van der Waals surface area contributed by atoms with E-state index in [1.807, 2.05) is 6.07 Å². The maximum atomic E-state index is 5.77. The van der Waals surface area contributed by atoms with Crippen LogP contribution in [0.1, 0.15) is 39.2 Å². The highest BCUT2D eigenvalue weighted by atomic mass is 16.5. The molecule has 0 aliphatic carbocycles. The van der Waals surface area contributed by atoms with Gasteiger partial charge >= 0.3 is 0 Å². The molecule has 0 aromatic heterocycles. The third-order valence-electron chi connectivity index (χ3n) is 4.48. The molecule has 0 spiro atoms. The number of piperidine rings is 1. The fourth-order valence-corrected chi connectivity index (χ4v) is 2.98. The SMILES string of the molecule is CC(C)(C)C1CCN(CCOCc2ccccc2)CC1. The van der Waals surface area contributed by atoms with Gasteiger partial charge in [-0.3, -0.25) is 0 Å². The number of hydrogen-bond acceptors (Lipinski definition) is 2. The number of ether oxygens (including phenoxy) is 1. The minimum atomic E-state index is 0.468. The molecule has 0 bridgehead atoms. The Kier molecular flexibility index (Phi) is 5.62. The van der Waals surface area contributed by atoms with Gasteiger partial charge < -0.3 is 9.64 Å². The number of hydrogen-bond donors (Lipinski definition) is 0. The van der Waals surface area contributed by atoms with Crippen molar-refractivity contribution < 1.29 is 4.74 Å². The Morgan fingerprint density at radius 1 is 1.10 bits per heavy atom. The molecule has 0 atom stereocenters. The summed E-state index contributed by atoms with van der Waals surface area (Å²) in [5, 5.41) is 0. The van der Waals surface area contributed by atoms with Crippen LogP contribution in [-0.4, -0.2) is 31.1 Å². The summed E-state index contributed by atoms with van der Waals surface area (Å²) in [7, 11) is 0. The first-order valence-corrected chi connectivity index (χ1v) is 7.90. The molecule has 0 saturated carbocycles. The Morgan fingerprint density at radius 2 is 1.75 bits per heavy atom. The van der Waals surface area contributed by atoms with Crippen LogP contribution < -0.4 is 0 Å². The molecule has 2 heteroatoms. The van der Waals surface area contributed by atoms with Crippen molar-refractivity contribution in [2.24, 2.45) is 11.3 Å². The van der Waals surface area contributed by atoms with Crippen LogP contribution in [0, 0.1) is 11.3 Å². The van der Waals surface area contributed by atoms with Crippen LogP contribution in [0.4, 0.5) is 0 Å². The van der Waals surface area contributed by atoms with Crippen molar-refractivity contribution in [3.8, 4) is 0 Å². The van der Waals surface area contributed by atoms with Gasteiger partial charge in [0.25, 0.3) is 0 Å². The Balaban J connectivity index is 1.60. The first-order chi connectivity index (χ1) is 9.55. The maximum Gasteiger partial charge on any atom is 0.0717 e. The predicted molar refractivity (Wildman–Crippen MR) is 84.7 cm³/mol. The van der Waals surface area contributed by atoms with Gasteiger partial charge in [0.2, 0.25) is 0 Å². The molecule has 0 radical (unpaired) electrons. The number of nitrogens with zero attached hydrogens (tertiary/aromatic N) is 1. The molecule has 2 nitrogen and oxygen atoms in total. The molecule has 20 heavy (non-hydrogen) atoms. The van der Waals surface area contributed by atoms with Gasteiger partial charge in [0, 0.05) is 6.54 Å². The van der Waals surface area contributed by atoms with E-state index < -0.39 is 0 Å². The van der Waals surface area contributed by atoms with Gasteiger partial charge in [-0.15, -0.1) is 0 Å². The molecule has 1 aliphatic heterocycles. The molecule has 1 heterocycles. The lowest BCUT2D eigenvalue weighted by Crippen LogP contribution is -2.39. The lowest BCUT2D eigenvalue weighted by molar-refractivity contribution is 0.0631. The van der Waals surface area contributed by atoms with Gasteiger partial charge in [-0.05, 0) is 42.8 Å². The van der Waals surface area contributed by atoms with Crippen molar-refractivity contribution in [2.75, 3.05) is 26.2 Å². The molecule has 1 fully saturated rings. The van der Waals surface area contributed by atoms with E-state index in [-0.39, 0.29) is 0 Å². The van der Waals surface area contributed by atoms with Crippen molar-refractivity contribution in [1.82, 2.24) is 4.90 Å². The van der Waals surface area contributed by atoms with Gasteiger partial charge in [0.1, 0.15) is 0 Å². The first kappa shape index (κ1) is 15.5. The Bertz CT molecular complexity index is 374. The third kappa shape index (κ3) is 4.92. The average Bonchev–Trinajstić information content (AvgIpc) is 2.44. The molecule has 0 amide bonds. The fourth-order valence-electron chi connectivity index (χ4n) is 2.98. The smallest absolute Gasteiger partial charge is 0.0717 e. The Labute approximate surface area is 124 Å². The Morgan fingerprint density at radius 3 is 2.35 bits per heavy atom. The summed E-state index contributed by atoms with van der Waals surface area (Å²) in [4.78, 5) is 2.55. The van der Waals surface area contributed by atoms with E-state index in [0.29, 0.717) is 5.41 Å². The van der Waals surface area contributed by atoms with E-state index in [1.165, 1.54) is 31.5 Å². The molecule has 1 aliphatic rings. The quantitative estimate of drug-likeness (QED) is 0.754. The highest BCUT2D eigenvalue weighted by molar-refractivity contribution is 5.13. The van der Waals surface area contributed by atoms with Crippen molar-refractivity contribution >= 4 is 0 Å². The van der Waals surface area contributed by atoms with Crippen molar-refractivity contribution in [2.45, 2.75) is 40.2 Å². The van der Waals surface area contributed by atoms with Crippen LogP contribution in [0.2, 0.25) is 0 Å². The molecule has 112 valence electrons. The molecule has 1 saturated heterocycles. The van der Waals surface area contributed by atoms with Crippen LogP contribution in [0.25, 0.3) is 0 Å². The van der Waals surface area contributed by atoms with Crippen LogP contribution in [0.5, 0.6) is 0 Å². The molecule has 0 N–H and O–H groups in total. The van der Waals surface area contributed by atoms with Gasteiger partial charge in [-0.25, -0.2) is 0 Å². The summed E-state index contributed by atoms with van der Waals surface area (Å²) in [5.74, 6) is 0.879.